The van der Waals surface area contributed by atoms with Crippen molar-refractivity contribution in [2.24, 2.45) is 4.99 Å². The van der Waals surface area contributed by atoms with E-state index < -0.39 is 0 Å². The summed E-state index contributed by atoms with van der Waals surface area (Å²) in [5.74, 6) is 0. The minimum Gasteiger partial charge on any atom is -0.394 e. The van der Waals surface area contributed by atoms with Gasteiger partial charge in [-0.05, 0) is 6.92 Å². The normalized spacial score (nSPS) is 31.3. The first-order valence-corrected chi connectivity index (χ1v) is 2.73. The Morgan fingerprint density at radius 2 is 2.44 bits per heavy atom. The van der Waals surface area contributed by atoms with Crippen molar-refractivity contribution in [2.75, 3.05) is 6.61 Å². The van der Waals surface area contributed by atoms with Gasteiger partial charge >= 0.3 is 0 Å². The number of nitrogens with one attached hydrogen (secondary N) is 1. The molecule has 0 aromatic heterocycles. The molecule has 0 aromatic carbocycles. The molecular weight excluding hydrogens is 140 g/mol. The van der Waals surface area contributed by atoms with Gasteiger partial charge in [-0.3, -0.25) is 4.99 Å². The molecule has 3 nitrogen and oxygen atoms in total. The minimum absolute atomic E-state index is 0. The quantitative estimate of drug-likeness (QED) is 0.544. The standard InChI is InChI=1S/C5H10N2O.ClH/c1-4-5(2-8)7-3-6-4;/h3-5,8H,2H2,1H3,(H,6,7);1H. The van der Waals surface area contributed by atoms with Gasteiger partial charge in [-0.2, -0.15) is 0 Å². The number of rotatable bonds is 1. The third-order valence-electron chi connectivity index (χ3n) is 1.37. The molecule has 1 aliphatic heterocycles. The molecule has 1 rings (SSSR count). The van der Waals surface area contributed by atoms with Crippen LogP contribution in [0.4, 0.5) is 0 Å². The van der Waals surface area contributed by atoms with Crippen molar-refractivity contribution < 1.29 is 5.11 Å². The Balaban J connectivity index is 0.000000640. The van der Waals surface area contributed by atoms with E-state index in [1.807, 2.05) is 6.92 Å². The average Bonchev–Trinajstić information content (AvgIpc) is 2.14. The number of halogens is 1. The van der Waals surface area contributed by atoms with Crippen LogP contribution in [-0.2, 0) is 0 Å². The van der Waals surface area contributed by atoms with Crippen LogP contribution in [0.5, 0.6) is 0 Å². The molecule has 0 saturated carbocycles. The molecule has 4 heteroatoms. The molecule has 0 aliphatic carbocycles. The number of aliphatic hydroxyl groups excluding tert-OH is 1. The van der Waals surface area contributed by atoms with Gasteiger partial charge in [0.15, 0.2) is 0 Å². The Kier molecular flexibility index (Phi) is 3.58. The molecule has 2 unspecified atom stereocenters. The number of aliphatic imine (C=N–C) groups is 1. The van der Waals surface area contributed by atoms with Gasteiger partial charge in [0.2, 0.25) is 0 Å². The van der Waals surface area contributed by atoms with E-state index in [0.29, 0.717) is 6.04 Å². The summed E-state index contributed by atoms with van der Waals surface area (Å²) < 4.78 is 0. The summed E-state index contributed by atoms with van der Waals surface area (Å²) in [7, 11) is 0. The van der Waals surface area contributed by atoms with Crippen LogP contribution in [0.25, 0.3) is 0 Å². The molecule has 2 N–H and O–H groups in total. The van der Waals surface area contributed by atoms with Gasteiger partial charge in [0, 0.05) is 6.04 Å². The Bertz CT molecular complexity index is 107. The summed E-state index contributed by atoms with van der Waals surface area (Å²) in [4.78, 5) is 3.95. The van der Waals surface area contributed by atoms with Gasteiger partial charge in [0.05, 0.1) is 19.0 Å². The highest BCUT2D eigenvalue weighted by Gasteiger charge is 2.16. The first-order chi connectivity index (χ1) is 3.84. The van der Waals surface area contributed by atoms with Gasteiger partial charge in [-0.15, -0.1) is 12.4 Å². The largest absolute Gasteiger partial charge is 0.394 e. The van der Waals surface area contributed by atoms with Gasteiger partial charge in [-0.25, -0.2) is 0 Å². The van der Waals surface area contributed by atoms with Crippen molar-refractivity contribution in [2.45, 2.75) is 19.0 Å². The van der Waals surface area contributed by atoms with E-state index in [9.17, 15) is 0 Å². The molecule has 2 atom stereocenters. The molecule has 1 heterocycles. The van der Waals surface area contributed by atoms with Crippen LogP contribution in [0, 0.1) is 0 Å². The number of nitrogens with zero attached hydrogens (tertiary/aromatic N) is 1. The second kappa shape index (κ2) is 3.69. The summed E-state index contributed by atoms with van der Waals surface area (Å²) in [6, 6.07) is 0.384. The monoisotopic (exact) mass is 150 g/mol. The SMILES string of the molecule is CC1NC=NC1CO.Cl. The first kappa shape index (κ1) is 8.72. The lowest BCUT2D eigenvalue weighted by atomic mass is 10.2. The zero-order valence-electron chi connectivity index (χ0n) is 5.24. The van der Waals surface area contributed by atoms with Crippen LogP contribution in [-0.4, -0.2) is 30.1 Å². The third kappa shape index (κ3) is 1.84. The third-order valence-corrected chi connectivity index (χ3v) is 1.37. The van der Waals surface area contributed by atoms with Crippen molar-refractivity contribution >= 4 is 18.7 Å². The highest BCUT2D eigenvalue weighted by atomic mass is 35.5. The Labute approximate surface area is 60.6 Å². The molecular formula is C5H11ClN2O. The van der Waals surface area contributed by atoms with Gasteiger partial charge in [0.1, 0.15) is 0 Å². The van der Waals surface area contributed by atoms with E-state index in [4.69, 9.17) is 5.11 Å². The maximum absolute atomic E-state index is 8.58. The van der Waals surface area contributed by atoms with Crippen molar-refractivity contribution in [3.05, 3.63) is 0 Å². The topological polar surface area (TPSA) is 44.6 Å². The average molecular weight is 151 g/mol. The number of aliphatic hydroxyl groups is 1. The lowest BCUT2D eigenvalue weighted by Crippen LogP contribution is -2.30. The second-order valence-corrected chi connectivity index (χ2v) is 1.98. The molecule has 54 valence electrons. The van der Waals surface area contributed by atoms with Crippen LogP contribution in [0.2, 0.25) is 0 Å². The first-order valence-electron chi connectivity index (χ1n) is 2.73. The lowest BCUT2D eigenvalue weighted by Gasteiger charge is -2.08. The molecule has 0 fully saturated rings. The predicted octanol–water partition coefficient (Wildman–Crippen LogP) is -0.211. The Morgan fingerprint density at radius 3 is 2.67 bits per heavy atom. The molecule has 0 spiro atoms. The minimum atomic E-state index is 0. The van der Waals surface area contributed by atoms with E-state index in [2.05, 4.69) is 10.3 Å². The predicted molar refractivity (Wildman–Crippen MR) is 39.2 cm³/mol. The summed E-state index contributed by atoms with van der Waals surface area (Å²) in [5.41, 5.74) is 0. The number of hydrogen-bond acceptors (Lipinski definition) is 3. The maximum Gasteiger partial charge on any atom is 0.0945 e. The summed E-state index contributed by atoms with van der Waals surface area (Å²) in [6.45, 7) is 2.14. The van der Waals surface area contributed by atoms with Crippen LogP contribution in [0.1, 0.15) is 6.92 Å². The fraction of sp³-hybridized carbons (Fsp3) is 0.800. The molecule has 0 aromatic rings. The van der Waals surface area contributed by atoms with Crippen LogP contribution in [0.3, 0.4) is 0 Å². The fourth-order valence-electron chi connectivity index (χ4n) is 0.702. The molecule has 1 aliphatic rings. The molecule has 0 saturated heterocycles. The summed E-state index contributed by atoms with van der Waals surface area (Å²) >= 11 is 0. The van der Waals surface area contributed by atoms with Crippen LogP contribution < -0.4 is 5.32 Å². The van der Waals surface area contributed by atoms with E-state index in [1.165, 1.54) is 0 Å². The highest BCUT2D eigenvalue weighted by Crippen LogP contribution is 2.00. The molecule has 0 bridgehead atoms. The summed E-state index contributed by atoms with van der Waals surface area (Å²) in [5, 5.41) is 11.6. The zero-order chi connectivity index (χ0) is 5.98. The Morgan fingerprint density at radius 1 is 1.78 bits per heavy atom. The van der Waals surface area contributed by atoms with E-state index in [0.717, 1.165) is 0 Å². The van der Waals surface area contributed by atoms with E-state index in [1.54, 1.807) is 6.34 Å². The van der Waals surface area contributed by atoms with Crippen molar-refractivity contribution in [3.8, 4) is 0 Å². The van der Waals surface area contributed by atoms with Crippen LogP contribution >= 0.6 is 12.4 Å². The van der Waals surface area contributed by atoms with Gasteiger partial charge in [-0.1, -0.05) is 0 Å². The fourth-order valence-corrected chi connectivity index (χ4v) is 0.702. The molecule has 0 amide bonds. The second-order valence-electron chi connectivity index (χ2n) is 1.98. The lowest BCUT2D eigenvalue weighted by molar-refractivity contribution is 0.256. The van der Waals surface area contributed by atoms with Crippen molar-refractivity contribution in [3.63, 3.8) is 0 Å². The van der Waals surface area contributed by atoms with E-state index >= 15 is 0 Å². The number of hydrogen-bond donors (Lipinski definition) is 2. The molecule has 9 heavy (non-hydrogen) atoms. The van der Waals surface area contributed by atoms with Crippen LogP contribution in [0.15, 0.2) is 4.99 Å². The summed E-state index contributed by atoms with van der Waals surface area (Å²) in [6.07, 6.45) is 1.64. The van der Waals surface area contributed by atoms with Gasteiger partial charge in [0.25, 0.3) is 0 Å². The van der Waals surface area contributed by atoms with Crippen molar-refractivity contribution in [1.82, 2.24) is 5.32 Å². The molecule has 0 radical (unpaired) electrons. The van der Waals surface area contributed by atoms with Crippen molar-refractivity contribution in [1.29, 1.82) is 0 Å². The maximum atomic E-state index is 8.58. The smallest absolute Gasteiger partial charge is 0.0945 e. The van der Waals surface area contributed by atoms with Gasteiger partial charge < -0.3 is 10.4 Å². The zero-order valence-corrected chi connectivity index (χ0v) is 6.06. The highest BCUT2D eigenvalue weighted by molar-refractivity contribution is 5.85. The van der Waals surface area contributed by atoms with E-state index in [-0.39, 0.29) is 25.1 Å². The Hall–Kier alpha value is -0.280.